The summed E-state index contributed by atoms with van der Waals surface area (Å²) in [6.07, 6.45) is -1.76. The van der Waals surface area contributed by atoms with Gasteiger partial charge in [0.1, 0.15) is 18.8 Å². The number of carbonyl (C=O) groups excluding carboxylic acids is 1. The number of amides is 1. The number of aromatic nitrogens is 1. The zero-order valence-electron chi connectivity index (χ0n) is 17.0. The Morgan fingerprint density at radius 1 is 1.13 bits per heavy atom. The molecule has 0 saturated heterocycles. The van der Waals surface area contributed by atoms with Gasteiger partial charge in [0.2, 0.25) is 0 Å². The molecule has 2 unspecified atom stereocenters. The molecule has 2 atom stereocenters. The maximum atomic E-state index is 12.2. The number of aryl methyl sites for hydroxylation is 1. The van der Waals surface area contributed by atoms with Gasteiger partial charge in [-0.1, -0.05) is 60.1 Å². The third-order valence-corrected chi connectivity index (χ3v) is 5.74. The van der Waals surface area contributed by atoms with Crippen LogP contribution < -0.4 is 5.32 Å². The predicted molar refractivity (Wildman–Crippen MR) is 118 cm³/mol. The van der Waals surface area contributed by atoms with Gasteiger partial charge < -0.3 is 20.3 Å². The molecule has 4 rings (SSSR count). The van der Waals surface area contributed by atoms with Gasteiger partial charge in [-0.05, 0) is 40.8 Å². The molecule has 0 bridgehead atoms. The molecule has 7 heteroatoms. The molecular formula is C24H23ClN2O4. The van der Waals surface area contributed by atoms with Crippen LogP contribution in [-0.4, -0.2) is 40.5 Å². The highest BCUT2D eigenvalue weighted by atomic mass is 35.5. The first-order valence-electron chi connectivity index (χ1n) is 10.0. The fraction of sp³-hybridized carbons (Fsp3) is 0.250. The van der Waals surface area contributed by atoms with Crippen LogP contribution in [0.3, 0.4) is 0 Å². The van der Waals surface area contributed by atoms with E-state index in [1.54, 1.807) is 13.0 Å². The quantitative estimate of drug-likeness (QED) is 0.541. The lowest BCUT2D eigenvalue weighted by Gasteiger charge is -2.20. The summed E-state index contributed by atoms with van der Waals surface area (Å²) in [5.41, 5.74) is 5.51. The number of benzene rings is 2. The smallest absolute Gasteiger partial charge is 0.407 e. The Kier molecular flexibility index (Phi) is 6.23. The summed E-state index contributed by atoms with van der Waals surface area (Å²) < 4.78 is 5.44. The first kappa shape index (κ1) is 21.3. The summed E-state index contributed by atoms with van der Waals surface area (Å²) in [4.78, 5) is 16.3. The Bertz CT molecular complexity index is 1060. The van der Waals surface area contributed by atoms with Crippen molar-refractivity contribution >= 4 is 17.7 Å². The number of alkyl carbamates (subject to hydrolysis) is 1. The Balaban J connectivity index is 1.35. The lowest BCUT2D eigenvalue weighted by atomic mass is 9.98. The Hall–Kier alpha value is -2.93. The van der Waals surface area contributed by atoms with Crippen LogP contribution in [0.15, 0.2) is 60.8 Å². The van der Waals surface area contributed by atoms with Crippen LogP contribution in [0, 0.1) is 6.92 Å². The van der Waals surface area contributed by atoms with Gasteiger partial charge in [0.25, 0.3) is 0 Å². The number of hydrogen-bond donors (Lipinski definition) is 3. The number of carbonyl (C=O) groups is 1. The second-order valence-corrected chi connectivity index (χ2v) is 8.01. The monoisotopic (exact) mass is 438 g/mol. The molecule has 1 amide bonds. The van der Waals surface area contributed by atoms with Crippen LogP contribution in [0.2, 0.25) is 5.02 Å². The van der Waals surface area contributed by atoms with E-state index in [9.17, 15) is 15.0 Å². The van der Waals surface area contributed by atoms with Crippen molar-refractivity contribution in [1.82, 2.24) is 10.3 Å². The molecule has 6 nitrogen and oxygen atoms in total. The van der Waals surface area contributed by atoms with E-state index in [-0.39, 0.29) is 19.1 Å². The van der Waals surface area contributed by atoms with Crippen molar-refractivity contribution in [3.63, 3.8) is 0 Å². The predicted octanol–water partition coefficient (Wildman–Crippen LogP) is 3.98. The molecule has 0 spiro atoms. The molecule has 1 aliphatic carbocycles. The minimum atomic E-state index is -1.26. The number of nitrogens with one attached hydrogen (secondary N) is 1. The van der Waals surface area contributed by atoms with Gasteiger partial charge in [-0.15, -0.1) is 0 Å². The number of pyridine rings is 1. The molecule has 0 aliphatic heterocycles. The molecule has 31 heavy (non-hydrogen) atoms. The first-order chi connectivity index (χ1) is 15.0. The van der Waals surface area contributed by atoms with E-state index >= 15 is 0 Å². The minimum Gasteiger partial charge on any atom is -0.449 e. The fourth-order valence-electron chi connectivity index (χ4n) is 3.99. The second-order valence-electron chi connectivity index (χ2n) is 7.57. The summed E-state index contributed by atoms with van der Waals surface area (Å²) in [6, 6.07) is 17.8. The number of aliphatic hydroxyl groups excluding tert-OH is 2. The Morgan fingerprint density at radius 3 is 2.35 bits per heavy atom. The van der Waals surface area contributed by atoms with E-state index in [1.807, 2.05) is 36.4 Å². The number of aliphatic hydroxyl groups is 2. The van der Waals surface area contributed by atoms with Gasteiger partial charge >= 0.3 is 6.09 Å². The number of ether oxygens (including phenoxy) is 1. The topological polar surface area (TPSA) is 91.7 Å². The summed E-state index contributed by atoms with van der Waals surface area (Å²) >= 11 is 5.88. The molecule has 3 N–H and O–H groups in total. The van der Waals surface area contributed by atoms with Gasteiger partial charge in [0.15, 0.2) is 0 Å². The van der Waals surface area contributed by atoms with Gasteiger partial charge in [0.05, 0.1) is 10.7 Å². The van der Waals surface area contributed by atoms with E-state index in [2.05, 4.69) is 22.4 Å². The molecule has 3 aromatic rings. The van der Waals surface area contributed by atoms with Crippen LogP contribution in [0.4, 0.5) is 4.79 Å². The number of nitrogens with zero attached hydrogens (tertiary/aromatic N) is 1. The maximum Gasteiger partial charge on any atom is 0.407 e. The molecule has 0 radical (unpaired) electrons. The van der Waals surface area contributed by atoms with Crippen molar-refractivity contribution in [3.8, 4) is 11.1 Å². The summed E-state index contributed by atoms with van der Waals surface area (Å²) in [5, 5.41) is 23.6. The number of hydrogen-bond acceptors (Lipinski definition) is 5. The van der Waals surface area contributed by atoms with Gasteiger partial charge in [-0.25, -0.2) is 4.79 Å². The van der Waals surface area contributed by atoms with Gasteiger partial charge in [0, 0.05) is 18.7 Å². The van der Waals surface area contributed by atoms with Crippen molar-refractivity contribution in [2.45, 2.75) is 25.0 Å². The van der Waals surface area contributed by atoms with E-state index in [0.717, 1.165) is 22.3 Å². The molecule has 1 aromatic heterocycles. The second kappa shape index (κ2) is 9.06. The summed E-state index contributed by atoms with van der Waals surface area (Å²) in [6.45, 7) is 1.74. The van der Waals surface area contributed by atoms with Crippen molar-refractivity contribution in [1.29, 1.82) is 0 Å². The van der Waals surface area contributed by atoms with E-state index in [0.29, 0.717) is 16.3 Å². The highest BCUT2D eigenvalue weighted by Crippen LogP contribution is 2.44. The molecule has 0 fully saturated rings. The van der Waals surface area contributed by atoms with Crippen molar-refractivity contribution in [3.05, 3.63) is 88.2 Å². The minimum absolute atomic E-state index is 0.0467. The molecule has 2 aromatic carbocycles. The standard InChI is InChI=1S/C24H23ClN2O4/c1-14-10-15(25)11-26-22(14)23(29)21(28)12-27-24(30)31-13-20-18-8-4-2-6-16(18)17-7-3-5-9-19(17)20/h2-11,20-21,23,28-29H,12-13H2,1H3,(H,27,30). The molecular weight excluding hydrogens is 416 g/mol. The largest absolute Gasteiger partial charge is 0.449 e. The van der Waals surface area contributed by atoms with Crippen LogP contribution >= 0.6 is 11.6 Å². The number of rotatable bonds is 6. The normalized spacial score (nSPS) is 14.5. The Morgan fingerprint density at radius 2 is 1.74 bits per heavy atom. The lowest BCUT2D eigenvalue weighted by Crippen LogP contribution is -2.36. The third kappa shape index (κ3) is 4.42. The van der Waals surface area contributed by atoms with E-state index < -0.39 is 18.3 Å². The third-order valence-electron chi connectivity index (χ3n) is 5.53. The number of halogens is 1. The molecule has 1 heterocycles. The van der Waals surface area contributed by atoms with Crippen LogP contribution in [0.1, 0.15) is 34.4 Å². The highest BCUT2D eigenvalue weighted by Gasteiger charge is 2.29. The highest BCUT2D eigenvalue weighted by molar-refractivity contribution is 6.30. The average Bonchev–Trinajstić information content (AvgIpc) is 3.09. The zero-order valence-corrected chi connectivity index (χ0v) is 17.7. The molecule has 160 valence electrons. The number of fused-ring (bicyclic) bond motifs is 3. The fourth-order valence-corrected chi connectivity index (χ4v) is 4.20. The van der Waals surface area contributed by atoms with E-state index in [4.69, 9.17) is 16.3 Å². The SMILES string of the molecule is Cc1cc(Cl)cnc1C(O)C(O)CNC(=O)OCC1c2ccccc2-c2ccccc21. The van der Waals surface area contributed by atoms with Crippen molar-refractivity contribution in [2.75, 3.05) is 13.2 Å². The zero-order chi connectivity index (χ0) is 22.0. The van der Waals surface area contributed by atoms with Gasteiger partial charge in [-0.2, -0.15) is 0 Å². The lowest BCUT2D eigenvalue weighted by molar-refractivity contribution is 0.0157. The molecule has 1 aliphatic rings. The van der Waals surface area contributed by atoms with Crippen LogP contribution in [-0.2, 0) is 4.74 Å². The van der Waals surface area contributed by atoms with Gasteiger partial charge in [-0.3, -0.25) is 4.98 Å². The van der Waals surface area contributed by atoms with Crippen LogP contribution in [0.5, 0.6) is 0 Å². The first-order valence-corrected chi connectivity index (χ1v) is 10.4. The Labute approximate surface area is 185 Å². The van der Waals surface area contributed by atoms with Crippen molar-refractivity contribution < 1.29 is 19.7 Å². The van der Waals surface area contributed by atoms with Crippen molar-refractivity contribution in [2.24, 2.45) is 0 Å². The maximum absolute atomic E-state index is 12.2. The summed E-state index contributed by atoms with van der Waals surface area (Å²) in [7, 11) is 0. The van der Waals surface area contributed by atoms with E-state index in [1.165, 1.54) is 6.20 Å². The molecule has 0 saturated carbocycles. The summed E-state index contributed by atoms with van der Waals surface area (Å²) in [5.74, 6) is -0.0467. The average molecular weight is 439 g/mol. The van der Waals surface area contributed by atoms with Crippen LogP contribution in [0.25, 0.3) is 11.1 Å².